The summed E-state index contributed by atoms with van der Waals surface area (Å²) in [6, 6.07) is 5.30. The molecule has 0 bridgehead atoms. The highest BCUT2D eigenvalue weighted by Gasteiger charge is 2.14. The Kier molecular flexibility index (Phi) is 5.85. The zero-order valence-corrected chi connectivity index (χ0v) is 15.0. The molecule has 0 aliphatic heterocycles. The fourth-order valence-corrected chi connectivity index (χ4v) is 2.85. The molecule has 0 atom stereocenters. The van der Waals surface area contributed by atoms with Gasteiger partial charge in [-0.3, -0.25) is 0 Å². The van der Waals surface area contributed by atoms with Crippen LogP contribution >= 0.6 is 39.1 Å². The topological polar surface area (TPSA) is 37.8 Å². The lowest BCUT2D eigenvalue weighted by atomic mass is 10.2. The number of aromatic nitrogens is 2. The molecule has 0 unspecified atom stereocenters. The zero-order valence-electron chi connectivity index (χ0n) is 11.9. The van der Waals surface area contributed by atoms with Crippen molar-refractivity contribution in [2.24, 2.45) is 0 Å². The van der Waals surface area contributed by atoms with E-state index in [1.807, 2.05) is 0 Å². The van der Waals surface area contributed by atoms with E-state index < -0.39 is 0 Å². The number of nitrogens with one attached hydrogen (secondary N) is 1. The van der Waals surface area contributed by atoms with E-state index in [9.17, 15) is 0 Å². The van der Waals surface area contributed by atoms with Crippen molar-refractivity contribution in [1.82, 2.24) is 9.97 Å². The molecule has 21 heavy (non-hydrogen) atoms. The van der Waals surface area contributed by atoms with Crippen LogP contribution in [0.25, 0.3) is 11.4 Å². The van der Waals surface area contributed by atoms with Crippen LogP contribution in [0.4, 0.5) is 5.82 Å². The van der Waals surface area contributed by atoms with Crippen LogP contribution in [0.2, 0.25) is 10.0 Å². The Hall–Kier alpha value is -0.840. The van der Waals surface area contributed by atoms with Gasteiger partial charge in [-0.1, -0.05) is 37.0 Å². The van der Waals surface area contributed by atoms with Crippen LogP contribution in [-0.4, -0.2) is 16.5 Å². The van der Waals surface area contributed by atoms with Crippen molar-refractivity contribution in [2.45, 2.75) is 26.7 Å². The minimum atomic E-state index is 0.584. The third kappa shape index (κ3) is 3.87. The van der Waals surface area contributed by atoms with Crippen molar-refractivity contribution in [3.8, 4) is 11.4 Å². The summed E-state index contributed by atoms with van der Waals surface area (Å²) in [4.78, 5) is 9.17. The van der Waals surface area contributed by atoms with E-state index in [0.717, 1.165) is 40.9 Å². The van der Waals surface area contributed by atoms with E-state index in [4.69, 9.17) is 23.2 Å². The van der Waals surface area contributed by atoms with Gasteiger partial charge in [0.25, 0.3) is 0 Å². The van der Waals surface area contributed by atoms with Crippen LogP contribution < -0.4 is 5.32 Å². The number of halogens is 3. The van der Waals surface area contributed by atoms with Crippen molar-refractivity contribution in [2.75, 3.05) is 11.9 Å². The maximum absolute atomic E-state index is 6.25. The standard InChI is InChI=1S/C15H16BrCl2N3/c1-3-7-19-15-13(16)12(4-2)20-14(21-15)10-8-9(17)5-6-11(10)18/h5-6,8H,3-4,7H2,1-2H3,(H,19,20,21). The van der Waals surface area contributed by atoms with Crippen LogP contribution in [-0.2, 0) is 6.42 Å². The van der Waals surface area contributed by atoms with Crippen molar-refractivity contribution in [1.29, 1.82) is 0 Å². The number of hydrogen-bond donors (Lipinski definition) is 1. The summed E-state index contributed by atoms with van der Waals surface area (Å²) in [6.45, 7) is 5.01. The van der Waals surface area contributed by atoms with E-state index in [1.165, 1.54) is 0 Å². The van der Waals surface area contributed by atoms with Crippen molar-refractivity contribution in [3.05, 3.63) is 38.4 Å². The molecule has 0 saturated heterocycles. The Morgan fingerprint density at radius 3 is 2.62 bits per heavy atom. The lowest BCUT2D eigenvalue weighted by Crippen LogP contribution is -2.07. The van der Waals surface area contributed by atoms with Gasteiger partial charge in [-0.15, -0.1) is 0 Å². The summed E-state index contributed by atoms with van der Waals surface area (Å²) in [5.74, 6) is 1.37. The highest BCUT2D eigenvalue weighted by molar-refractivity contribution is 9.10. The highest BCUT2D eigenvalue weighted by Crippen LogP contribution is 2.32. The predicted molar refractivity (Wildman–Crippen MR) is 93.3 cm³/mol. The lowest BCUT2D eigenvalue weighted by molar-refractivity contribution is 0.944. The average Bonchev–Trinajstić information content (AvgIpc) is 2.48. The highest BCUT2D eigenvalue weighted by atomic mass is 79.9. The van der Waals surface area contributed by atoms with E-state index in [0.29, 0.717) is 15.9 Å². The van der Waals surface area contributed by atoms with Crippen LogP contribution in [0, 0.1) is 0 Å². The summed E-state index contributed by atoms with van der Waals surface area (Å²) >= 11 is 15.9. The summed E-state index contributed by atoms with van der Waals surface area (Å²) in [5.41, 5.74) is 1.68. The van der Waals surface area contributed by atoms with Crippen LogP contribution in [0.1, 0.15) is 26.0 Å². The molecule has 1 N–H and O–H groups in total. The molecule has 0 amide bonds. The molecule has 1 aromatic carbocycles. The first-order chi connectivity index (χ1) is 10.1. The van der Waals surface area contributed by atoms with Crippen LogP contribution in [0.15, 0.2) is 22.7 Å². The van der Waals surface area contributed by atoms with Gasteiger partial charge < -0.3 is 5.32 Å². The van der Waals surface area contributed by atoms with Crippen molar-refractivity contribution >= 4 is 44.9 Å². The van der Waals surface area contributed by atoms with E-state index >= 15 is 0 Å². The quantitative estimate of drug-likeness (QED) is 0.724. The molecular weight excluding hydrogens is 373 g/mol. The first kappa shape index (κ1) is 16.5. The summed E-state index contributed by atoms with van der Waals surface area (Å²) in [6.07, 6.45) is 1.82. The maximum Gasteiger partial charge on any atom is 0.163 e. The Labute approximate surface area is 143 Å². The first-order valence-corrected chi connectivity index (χ1v) is 8.37. The van der Waals surface area contributed by atoms with Gasteiger partial charge in [-0.2, -0.15) is 0 Å². The minimum Gasteiger partial charge on any atom is -0.369 e. The molecular formula is C15H16BrCl2N3. The third-order valence-corrected chi connectivity index (χ3v) is 4.36. The molecule has 2 aromatic rings. The van der Waals surface area contributed by atoms with Gasteiger partial charge in [0.05, 0.1) is 15.2 Å². The monoisotopic (exact) mass is 387 g/mol. The van der Waals surface area contributed by atoms with Gasteiger partial charge in [0.2, 0.25) is 0 Å². The number of anilines is 1. The summed E-state index contributed by atoms with van der Waals surface area (Å²) < 4.78 is 0.903. The second kappa shape index (κ2) is 7.43. The van der Waals surface area contributed by atoms with Gasteiger partial charge >= 0.3 is 0 Å². The van der Waals surface area contributed by atoms with Gasteiger partial charge in [0.15, 0.2) is 5.82 Å². The Morgan fingerprint density at radius 1 is 1.19 bits per heavy atom. The Bertz CT molecular complexity index is 647. The molecule has 2 rings (SSSR count). The molecule has 1 aromatic heterocycles. The Balaban J connectivity index is 2.55. The van der Waals surface area contributed by atoms with E-state index in [-0.39, 0.29) is 0 Å². The van der Waals surface area contributed by atoms with Crippen LogP contribution in [0.5, 0.6) is 0 Å². The third-order valence-electron chi connectivity index (χ3n) is 2.97. The molecule has 0 fully saturated rings. The second-order valence-electron chi connectivity index (χ2n) is 4.56. The van der Waals surface area contributed by atoms with Gasteiger partial charge in [-0.05, 0) is 47.0 Å². The fraction of sp³-hybridized carbons (Fsp3) is 0.333. The molecule has 0 radical (unpaired) electrons. The molecule has 0 aliphatic rings. The largest absolute Gasteiger partial charge is 0.369 e. The van der Waals surface area contributed by atoms with Gasteiger partial charge in [0.1, 0.15) is 5.82 Å². The molecule has 0 spiro atoms. The first-order valence-electron chi connectivity index (χ1n) is 6.82. The number of aryl methyl sites for hydroxylation is 1. The van der Waals surface area contributed by atoms with Gasteiger partial charge in [0, 0.05) is 17.1 Å². The number of benzene rings is 1. The van der Waals surface area contributed by atoms with Gasteiger partial charge in [-0.25, -0.2) is 9.97 Å². The normalized spacial score (nSPS) is 10.7. The summed E-state index contributed by atoms with van der Waals surface area (Å²) in [5, 5.41) is 4.51. The molecule has 6 heteroatoms. The SMILES string of the molecule is CCCNc1nc(-c2cc(Cl)ccc2Cl)nc(CC)c1Br. The number of rotatable bonds is 5. The Morgan fingerprint density at radius 2 is 1.95 bits per heavy atom. The molecule has 0 saturated carbocycles. The molecule has 112 valence electrons. The number of nitrogens with zero attached hydrogens (tertiary/aromatic N) is 2. The molecule has 0 aliphatic carbocycles. The smallest absolute Gasteiger partial charge is 0.163 e. The second-order valence-corrected chi connectivity index (χ2v) is 6.20. The van der Waals surface area contributed by atoms with Crippen LogP contribution in [0.3, 0.4) is 0 Å². The zero-order chi connectivity index (χ0) is 15.4. The minimum absolute atomic E-state index is 0.584. The lowest BCUT2D eigenvalue weighted by Gasteiger charge is -2.12. The average molecular weight is 389 g/mol. The maximum atomic E-state index is 6.25. The molecule has 1 heterocycles. The summed E-state index contributed by atoms with van der Waals surface area (Å²) in [7, 11) is 0. The van der Waals surface area contributed by atoms with Crippen molar-refractivity contribution in [3.63, 3.8) is 0 Å². The van der Waals surface area contributed by atoms with E-state index in [1.54, 1.807) is 18.2 Å². The fourth-order valence-electron chi connectivity index (χ4n) is 1.88. The van der Waals surface area contributed by atoms with E-state index in [2.05, 4.69) is 45.1 Å². The number of hydrogen-bond acceptors (Lipinski definition) is 3. The van der Waals surface area contributed by atoms with Crippen molar-refractivity contribution < 1.29 is 0 Å². The molecule has 3 nitrogen and oxygen atoms in total. The predicted octanol–water partition coefficient (Wildman–Crippen LogP) is 5.60.